The third-order valence-electron chi connectivity index (χ3n) is 5.21. The van der Waals surface area contributed by atoms with E-state index in [1.807, 2.05) is 66.7 Å². The average molecular weight is 415 g/mol. The maximum atomic E-state index is 13.2. The van der Waals surface area contributed by atoms with E-state index in [0.717, 1.165) is 12.0 Å². The van der Waals surface area contributed by atoms with Gasteiger partial charge in [0.05, 0.1) is 0 Å². The molecule has 0 unspecified atom stereocenters. The van der Waals surface area contributed by atoms with Crippen LogP contribution in [-0.4, -0.2) is 29.9 Å². The van der Waals surface area contributed by atoms with Gasteiger partial charge in [-0.25, -0.2) is 4.98 Å². The molecule has 3 aromatic rings. The first kappa shape index (κ1) is 20.6. The van der Waals surface area contributed by atoms with Crippen LogP contribution in [0.4, 0.5) is 5.82 Å². The summed E-state index contributed by atoms with van der Waals surface area (Å²) in [6.07, 6.45) is 2.61. The summed E-state index contributed by atoms with van der Waals surface area (Å²) in [5, 5.41) is 2.95. The van der Waals surface area contributed by atoms with Crippen LogP contribution >= 0.6 is 0 Å². The van der Waals surface area contributed by atoms with Gasteiger partial charge in [-0.3, -0.25) is 14.5 Å². The minimum Gasteiger partial charge on any atom is -0.472 e. The summed E-state index contributed by atoms with van der Waals surface area (Å²) in [7, 11) is 0. The van der Waals surface area contributed by atoms with Gasteiger partial charge in [0.2, 0.25) is 12.0 Å². The molecule has 158 valence electrons. The van der Waals surface area contributed by atoms with Crippen LogP contribution in [0.5, 0.6) is 5.75 Å². The Balaban J connectivity index is 1.34. The highest BCUT2D eigenvalue weighted by Crippen LogP contribution is 2.37. The summed E-state index contributed by atoms with van der Waals surface area (Å²) >= 11 is 0. The highest BCUT2D eigenvalue weighted by atomic mass is 16.5. The molecule has 2 aromatic carbocycles. The lowest BCUT2D eigenvalue weighted by Crippen LogP contribution is -2.42. The number of anilines is 1. The molecule has 6 heteroatoms. The Bertz CT molecular complexity index is 1020. The molecule has 0 spiro atoms. The molecule has 1 aromatic heterocycles. The Morgan fingerprint density at radius 2 is 1.74 bits per heavy atom. The van der Waals surface area contributed by atoms with Crippen LogP contribution in [-0.2, 0) is 16.0 Å². The molecule has 31 heavy (non-hydrogen) atoms. The van der Waals surface area contributed by atoms with Crippen molar-refractivity contribution in [3.8, 4) is 5.75 Å². The van der Waals surface area contributed by atoms with Gasteiger partial charge in [0.15, 0.2) is 11.6 Å². The van der Waals surface area contributed by atoms with E-state index < -0.39 is 6.10 Å². The zero-order valence-corrected chi connectivity index (χ0v) is 17.2. The summed E-state index contributed by atoms with van der Waals surface area (Å²) < 4.78 is 5.95. The Kier molecular flexibility index (Phi) is 6.57. The smallest absolute Gasteiger partial charge is 0.274 e. The lowest BCUT2D eigenvalue weighted by atomic mass is 10.1. The first-order valence-electron chi connectivity index (χ1n) is 10.5. The number of fused-ring (bicyclic) bond motifs is 1. The van der Waals surface area contributed by atoms with E-state index in [-0.39, 0.29) is 11.8 Å². The molecule has 0 bridgehead atoms. The highest BCUT2D eigenvalue weighted by Gasteiger charge is 2.36. The van der Waals surface area contributed by atoms with Crippen molar-refractivity contribution in [2.45, 2.75) is 25.4 Å². The van der Waals surface area contributed by atoms with Crippen molar-refractivity contribution in [1.29, 1.82) is 0 Å². The number of aromatic nitrogens is 1. The van der Waals surface area contributed by atoms with E-state index in [9.17, 15) is 9.59 Å². The molecule has 4 rings (SSSR count). The van der Waals surface area contributed by atoms with Crippen LogP contribution in [0, 0.1) is 0 Å². The molecular formula is C25H25N3O3. The van der Waals surface area contributed by atoms with Gasteiger partial charge in [0, 0.05) is 31.3 Å². The van der Waals surface area contributed by atoms with Gasteiger partial charge in [0.25, 0.3) is 5.91 Å². The van der Waals surface area contributed by atoms with Gasteiger partial charge < -0.3 is 10.1 Å². The number of amides is 2. The number of ether oxygens (including phenoxy) is 1. The van der Waals surface area contributed by atoms with E-state index >= 15 is 0 Å². The van der Waals surface area contributed by atoms with Crippen molar-refractivity contribution in [3.05, 3.63) is 90.1 Å². The van der Waals surface area contributed by atoms with Crippen LogP contribution in [0.1, 0.15) is 30.1 Å². The number of nitrogens with one attached hydrogen (secondary N) is 1. The first-order valence-corrected chi connectivity index (χ1v) is 10.5. The minimum absolute atomic E-state index is 0.0162. The molecule has 1 atom stereocenters. The lowest BCUT2D eigenvalue weighted by molar-refractivity contribution is -0.127. The first-order chi connectivity index (χ1) is 15.2. The van der Waals surface area contributed by atoms with E-state index in [4.69, 9.17) is 4.74 Å². The molecule has 2 heterocycles. The number of nitrogens with zero attached hydrogens (tertiary/aromatic N) is 2. The normalized spacial score (nSPS) is 15.2. The van der Waals surface area contributed by atoms with Crippen LogP contribution in [0.25, 0.3) is 0 Å². The second-order valence-corrected chi connectivity index (χ2v) is 7.41. The number of rotatable bonds is 8. The number of hydrogen-bond donors (Lipinski definition) is 1. The molecule has 2 amide bonds. The Labute approximate surface area is 181 Å². The van der Waals surface area contributed by atoms with Crippen molar-refractivity contribution in [2.24, 2.45) is 0 Å². The van der Waals surface area contributed by atoms with Crippen molar-refractivity contribution >= 4 is 17.6 Å². The highest BCUT2D eigenvalue weighted by molar-refractivity contribution is 5.99. The van der Waals surface area contributed by atoms with Gasteiger partial charge in [-0.2, -0.15) is 0 Å². The largest absolute Gasteiger partial charge is 0.472 e. The van der Waals surface area contributed by atoms with Crippen molar-refractivity contribution in [1.82, 2.24) is 10.3 Å². The third-order valence-corrected chi connectivity index (χ3v) is 5.21. The zero-order chi connectivity index (χ0) is 21.5. The summed E-state index contributed by atoms with van der Waals surface area (Å²) in [5.41, 5.74) is 1.99. The predicted octanol–water partition coefficient (Wildman–Crippen LogP) is 3.69. The van der Waals surface area contributed by atoms with Crippen molar-refractivity contribution < 1.29 is 14.3 Å². The maximum Gasteiger partial charge on any atom is 0.274 e. The van der Waals surface area contributed by atoms with Crippen LogP contribution in [0.15, 0.2) is 79.0 Å². The molecule has 6 nitrogen and oxygen atoms in total. The second-order valence-electron chi connectivity index (χ2n) is 7.41. The molecule has 1 aliphatic rings. The minimum atomic E-state index is -0.711. The molecular weight excluding hydrogens is 390 g/mol. The standard InChI is InChI=1S/C25H25N3O3/c29-22(26-17-15-19-9-3-1-4-10-19)14-8-18-28-24-21(13-7-16-27-24)31-23(25(28)30)20-11-5-2-6-12-20/h1-7,9-13,16,23H,8,14-15,17-18H2,(H,26,29)/t23-/m0/s1. The van der Waals surface area contributed by atoms with Gasteiger partial charge >= 0.3 is 0 Å². The van der Waals surface area contributed by atoms with Gasteiger partial charge in [-0.15, -0.1) is 0 Å². The fraction of sp³-hybridized carbons (Fsp3) is 0.240. The summed E-state index contributed by atoms with van der Waals surface area (Å²) in [4.78, 5) is 31.4. The Hall–Kier alpha value is -3.67. The van der Waals surface area contributed by atoms with E-state index in [0.29, 0.717) is 37.5 Å². The molecule has 0 radical (unpaired) electrons. The third kappa shape index (κ3) is 5.09. The average Bonchev–Trinajstić information content (AvgIpc) is 2.81. The predicted molar refractivity (Wildman–Crippen MR) is 119 cm³/mol. The summed E-state index contributed by atoms with van der Waals surface area (Å²) in [5.74, 6) is 0.895. The lowest BCUT2D eigenvalue weighted by Gasteiger charge is -2.33. The van der Waals surface area contributed by atoms with E-state index in [1.165, 1.54) is 5.56 Å². The van der Waals surface area contributed by atoms with E-state index in [1.54, 1.807) is 17.2 Å². The maximum absolute atomic E-state index is 13.2. The van der Waals surface area contributed by atoms with Crippen molar-refractivity contribution in [2.75, 3.05) is 18.0 Å². The Morgan fingerprint density at radius 3 is 2.52 bits per heavy atom. The number of benzene rings is 2. The van der Waals surface area contributed by atoms with E-state index in [2.05, 4.69) is 10.3 Å². The second kappa shape index (κ2) is 9.89. The van der Waals surface area contributed by atoms with Gasteiger partial charge in [-0.05, 0) is 30.5 Å². The summed E-state index contributed by atoms with van der Waals surface area (Å²) in [6.45, 7) is 1.00. The van der Waals surface area contributed by atoms with Gasteiger partial charge in [-0.1, -0.05) is 60.7 Å². The fourth-order valence-corrected chi connectivity index (χ4v) is 3.63. The molecule has 0 saturated carbocycles. The quantitative estimate of drug-likeness (QED) is 0.609. The SMILES string of the molecule is O=C(CCCN1C(=O)[C@H](c2ccccc2)Oc2cccnc21)NCCc1ccccc1. The van der Waals surface area contributed by atoms with Crippen molar-refractivity contribution in [3.63, 3.8) is 0 Å². The molecule has 1 N–H and O–H groups in total. The monoisotopic (exact) mass is 415 g/mol. The fourth-order valence-electron chi connectivity index (χ4n) is 3.63. The molecule has 1 aliphatic heterocycles. The number of hydrogen-bond acceptors (Lipinski definition) is 4. The number of pyridine rings is 1. The Morgan fingerprint density at radius 1 is 1.00 bits per heavy atom. The summed E-state index contributed by atoms with van der Waals surface area (Å²) in [6, 6.07) is 23.1. The van der Waals surface area contributed by atoms with Crippen LogP contribution < -0.4 is 15.0 Å². The number of carbonyl (C=O) groups excluding carboxylic acids is 2. The molecule has 0 fully saturated rings. The van der Waals surface area contributed by atoms with Crippen LogP contribution in [0.3, 0.4) is 0 Å². The van der Waals surface area contributed by atoms with Crippen LogP contribution in [0.2, 0.25) is 0 Å². The number of carbonyl (C=O) groups is 2. The zero-order valence-electron chi connectivity index (χ0n) is 17.2. The van der Waals surface area contributed by atoms with Gasteiger partial charge in [0.1, 0.15) is 0 Å². The topological polar surface area (TPSA) is 71.5 Å². The molecule has 0 saturated heterocycles. The molecule has 0 aliphatic carbocycles.